The number of hydrogen-bond donors (Lipinski definition) is 0. The van der Waals surface area contributed by atoms with Crippen molar-refractivity contribution >= 4 is 0 Å². The van der Waals surface area contributed by atoms with Crippen LogP contribution in [0.4, 0.5) is 0 Å². The molecule has 0 saturated heterocycles. The molecule has 0 amide bonds. The molecule has 0 aromatic carbocycles. The zero-order chi connectivity index (χ0) is 29.8. The Morgan fingerprint density at radius 1 is 0.310 bits per heavy atom. The summed E-state index contributed by atoms with van der Waals surface area (Å²) < 4.78 is 2.34. The van der Waals surface area contributed by atoms with Crippen LogP contribution in [0.1, 0.15) is 201 Å². The van der Waals surface area contributed by atoms with Gasteiger partial charge in [0.2, 0.25) is 6.17 Å². The molecule has 0 rings (SSSR count). The van der Waals surface area contributed by atoms with Crippen molar-refractivity contribution < 1.29 is 42.9 Å². The van der Waals surface area contributed by atoms with Crippen molar-refractivity contribution in [2.45, 2.75) is 207 Å². The molecule has 0 bridgehead atoms. The van der Waals surface area contributed by atoms with Crippen LogP contribution in [0.15, 0.2) is 0 Å². The van der Waals surface area contributed by atoms with Crippen LogP contribution in [0.5, 0.6) is 0 Å². The summed E-state index contributed by atoms with van der Waals surface area (Å²) in [6.07, 6.45) is 41.3. The molecule has 0 aliphatic heterocycles. The lowest BCUT2D eigenvalue weighted by Crippen LogP contribution is -3.00. The van der Waals surface area contributed by atoms with Gasteiger partial charge in [-0.15, -0.1) is 0 Å². The third kappa shape index (κ3) is 29.6. The first-order valence-electron chi connectivity index (χ1n) is 18.9. The zero-order valence-electron chi connectivity index (χ0n) is 30.4. The summed E-state index contributed by atoms with van der Waals surface area (Å²) in [5.74, 6) is 0. The van der Waals surface area contributed by atoms with Crippen molar-refractivity contribution in [1.82, 2.24) is 0 Å². The van der Waals surface area contributed by atoms with Crippen LogP contribution in [0.25, 0.3) is 0 Å². The monoisotopic (exact) mass is 724 g/mol. The minimum atomic E-state index is 0. The number of unbranched alkanes of at least 4 members (excludes halogenated alkanes) is 26. The van der Waals surface area contributed by atoms with E-state index in [-0.39, 0.29) is 34.0 Å². The molecule has 2 nitrogen and oxygen atoms in total. The van der Waals surface area contributed by atoms with Crippen LogP contribution in [0.3, 0.4) is 0 Å². The predicted octanol–water partition coefficient (Wildman–Crippen LogP) is 6.46. The van der Waals surface area contributed by atoms with Gasteiger partial charge in [0.15, 0.2) is 0 Å². The van der Waals surface area contributed by atoms with Gasteiger partial charge in [-0.1, -0.05) is 168 Å². The lowest BCUT2D eigenvalue weighted by atomic mass is 10.0. The first kappa shape index (κ1) is 47.3. The molecule has 258 valence electrons. The molecule has 0 aromatic heterocycles. The molecule has 0 aromatic rings. The lowest BCUT2D eigenvalue weighted by Gasteiger charge is -2.45. The topological polar surface area (TPSA) is 0 Å². The molecule has 0 N–H and O–H groups in total. The van der Waals surface area contributed by atoms with Gasteiger partial charge in [0.05, 0.1) is 41.3 Å². The van der Waals surface area contributed by atoms with Gasteiger partial charge in [-0.05, 0) is 25.7 Å². The third-order valence-electron chi connectivity index (χ3n) is 10.2. The van der Waals surface area contributed by atoms with Gasteiger partial charge in [0.25, 0.3) is 0 Å². The summed E-state index contributed by atoms with van der Waals surface area (Å²) in [7, 11) is 9.94. The molecule has 0 aliphatic carbocycles. The normalized spacial score (nSPS) is 12.0. The van der Waals surface area contributed by atoms with Crippen molar-refractivity contribution in [3.8, 4) is 0 Å². The average Bonchev–Trinajstić information content (AvgIpc) is 2.93. The standard InChI is InChI=1S/C38H82N2.2BrH/c1-8-10-12-14-16-18-20-22-24-26-28-30-32-34-36-39(4,5)38(3)40(6,7)37-35-33-31-29-27-25-23-21-19-17-15-13-11-9-2;;/h38H,8-37H2,1-7H3;2*1H/q+2;;/p-2. The van der Waals surface area contributed by atoms with Crippen molar-refractivity contribution in [2.75, 3.05) is 41.3 Å². The van der Waals surface area contributed by atoms with Crippen molar-refractivity contribution in [2.24, 2.45) is 0 Å². The van der Waals surface area contributed by atoms with Crippen LogP contribution in [-0.2, 0) is 0 Å². The average molecular weight is 727 g/mol. The summed E-state index contributed by atoms with van der Waals surface area (Å²) >= 11 is 0. The molecule has 42 heavy (non-hydrogen) atoms. The van der Waals surface area contributed by atoms with E-state index in [1.807, 2.05) is 0 Å². The molecule has 4 heteroatoms. The molecule has 0 heterocycles. The van der Waals surface area contributed by atoms with Gasteiger partial charge < -0.3 is 34.0 Å². The fraction of sp³-hybridized carbons (Fsp3) is 1.00. The summed E-state index contributed by atoms with van der Waals surface area (Å²) in [5, 5.41) is 0. The van der Waals surface area contributed by atoms with Crippen molar-refractivity contribution in [1.29, 1.82) is 0 Å². The summed E-state index contributed by atoms with van der Waals surface area (Å²) in [6, 6.07) is 0. The van der Waals surface area contributed by atoms with Gasteiger partial charge >= 0.3 is 0 Å². The van der Waals surface area contributed by atoms with Gasteiger partial charge in [-0.25, -0.2) is 0 Å². The largest absolute Gasteiger partial charge is 1.00 e. The Balaban J connectivity index is -0.00000760. The number of hydrogen-bond acceptors (Lipinski definition) is 0. The van der Waals surface area contributed by atoms with Gasteiger partial charge in [-0.2, -0.15) is 0 Å². The van der Waals surface area contributed by atoms with Crippen molar-refractivity contribution in [3.63, 3.8) is 0 Å². The number of quaternary nitrogens is 2. The molecular weight excluding hydrogens is 644 g/mol. The van der Waals surface area contributed by atoms with E-state index in [9.17, 15) is 0 Å². The van der Waals surface area contributed by atoms with Crippen LogP contribution >= 0.6 is 0 Å². The molecule has 0 radical (unpaired) electrons. The number of halogens is 2. The highest BCUT2D eigenvalue weighted by molar-refractivity contribution is 4.52. The van der Waals surface area contributed by atoms with Gasteiger partial charge in [-0.3, -0.25) is 8.97 Å². The lowest BCUT2D eigenvalue weighted by molar-refractivity contribution is -1.10. The molecule has 0 saturated carbocycles. The van der Waals surface area contributed by atoms with E-state index in [1.165, 1.54) is 202 Å². The number of nitrogens with zero attached hydrogens (tertiary/aromatic N) is 2. The maximum atomic E-state index is 2.51. The van der Waals surface area contributed by atoms with E-state index in [0.29, 0.717) is 6.17 Å². The second-order valence-electron chi connectivity index (χ2n) is 14.8. The molecule has 0 aliphatic rings. The Morgan fingerprint density at radius 3 is 0.667 bits per heavy atom. The fourth-order valence-electron chi connectivity index (χ4n) is 6.65. The smallest absolute Gasteiger partial charge is 0.213 e. The Kier molecular flexibility index (Phi) is 37.4. The predicted molar refractivity (Wildman–Crippen MR) is 184 cm³/mol. The Bertz CT molecular complexity index is 465. The SMILES string of the molecule is CCCCCCCCCCCCCCCC[N+](C)(C)C(C)[N+](C)(C)CCCCCCCCCCCCCCCC.[Br-].[Br-]. The second-order valence-corrected chi connectivity index (χ2v) is 14.8. The van der Waals surface area contributed by atoms with E-state index in [0.717, 1.165) is 0 Å². The summed E-state index contributed by atoms with van der Waals surface area (Å²) in [5.41, 5.74) is 0. The highest BCUT2D eigenvalue weighted by Crippen LogP contribution is 2.21. The maximum Gasteiger partial charge on any atom is 0.213 e. The molecule has 0 spiro atoms. The number of rotatable bonds is 32. The molecule has 0 atom stereocenters. The van der Waals surface area contributed by atoms with E-state index in [2.05, 4.69) is 49.0 Å². The quantitative estimate of drug-likeness (QED) is 0.0425. The molecule has 0 fully saturated rings. The first-order valence-corrected chi connectivity index (χ1v) is 18.9. The first-order chi connectivity index (χ1) is 19.3. The highest BCUT2D eigenvalue weighted by Gasteiger charge is 2.36. The van der Waals surface area contributed by atoms with E-state index in [1.54, 1.807) is 0 Å². The van der Waals surface area contributed by atoms with Crippen LogP contribution < -0.4 is 34.0 Å². The van der Waals surface area contributed by atoms with E-state index < -0.39 is 0 Å². The summed E-state index contributed by atoms with van der Waals surface area (Å²) in [6.45, 7) is 9.79. The van der Waals surface area contributed by atoms with Gasteiger partial charge in [0, 0.05) is 6.92 Å². The molecular formula is C38H82Br2N2. The highest BCUT2D eigenvalue weighted by atomic mass is 79.9. The van der Waals surface area contributed by atoms with E-state index >= 15 is 0 Å². The minimum Gasteiger partial charge on any atom is -1.00 e. The third-order valence-corrected chi connectivity index (χ3v) is 10.2. The Morgan fingerprint density at radius 2 is 0.476 bits per heavy atom. The van der Waals surface area contributed by atoms with Crippen LogP contribution in [0.2, 0.25) is 0 Å². The summed E-state index contributed by atoms with van der Waals surface area (Å²) in [4.78, 5) is 0. The fourth-order valence-corrected chi connectivity index (χ4v) is 6.65. The maximum absolute atomic E-state index is 2.51. The zero-order valence-corrected chi connectivity index (χ0v) is 33.6. The van der Waals surface area contributed by atoms with Crippen molar-refractivity contribution in [3.05, 3.63) is 0 Å². The van der Waals surface area contributed by atoms with Crippen LogP contribution in [0, 0.1) is 0 Å². The van der Waals surface area contributed by atoms with E-state index in [4.69, 9.17) is 0 Å². The molecule has 0 unspecified atom stereocenters. The second kappa shape index (κ2) is 33.2. The Labute approximate surface area is 289 Å². The Hall–Kier alpha value is 0.880. The minimum absolute atomic E-state index is 0. The van der Waals surface area contributed by atoms with Gasteiger partial charge in [0.1, 0.15) is 0 Å². The van der Waals surface area contributed by atoms with Crippen LogP contribution in [-0.4, -0.2) is 56.4 Å².